The van der Waals surface area contributed by atoms with Crippen molar-refractivity contribution in [3.63, 3.8) is 0 Å². The summed E-state index contributed by atoms with van der Waals surface area (Å²) in [5.74, 6) is 2.25. The van der Waals surface area contributed by atoms with Gasteiger partial charge in [0.25, 0.3) is 20.2 Å². The summed E-state index contributed by atoms with van der Waals surface area (Å²) in [5, 5.41) is 8.47. The first-order valence-electron chi connectivity index (χ1n) is 12.5. The molecule has 0 aliphatic heterocycles. The Morgan fingerprint density at radius 3 is 1.24 bits per heavy atom. The van der Waals surface area contributed by atoms with Gasteiger partial charge in [0.15, 0.2) is 8.68 Å². The molecule has 15 heteroatoms. The van der Waals surface area contributed by atoms with Gasteiger partial charge in [0, 0.05) is 11.5 Å². The van der Waals surface area contributed by atoms with E-state index in [4.69, 9.17) is 9.11 Å². The first-order valence-corrected chi connectivity index (χ1v) is 18.2. The smallest absolute Gasteiger partial charge is 0.294 e. The summed E-state index contributed by atoms with van der Waals surface area (Å²) in [6, 6.07) is 12.0. The predicted molar refractivity (Wildman–Crippen MR) is 170 cm³/mol. The molecular weight excluding hydrogens is 625 g/mol. The second kappa shape index (κ2) is 18.9. The van der Waals surface area contributed by atoms with Gasteiger partial charge < -0.3 is 9.80 Å². The molecule has 0 aliphatic rings. The van der Waals surface area contributed by atoms with Gasteiger partial charge in [-0.3, -0.25) is 9.11 Å². The molecule has 0 atom stereocenters. The van der Waals surface area contributed by atoms with E-state index in [1.807, 2.05) is 37.4 Å². The van der Waals surface area contributed by atoms with Crippen LogP contribution < -0.4 is 0 Å². The second-order valence-corrected chi connectivity index (χ2v) is 15.9. The topological polar surface area (TPSA) is 141 Å². The molecule has 1 aromatic heterocycles. The van der Waals surface area contributed by atoms with Crippen LogP contribution in [0.4, 0.5) is 0 Å². The summed E-state index contributed by atoms with van der Waals surface area (Å²) < 4.78 is 61.3. The van der Waals surface area contributed by atoms with Gasteiger partial charge in [-0.1, -0.05) is 70.3 Å². The van der Waals surface area contributed by atoms with Crippen molar-refractivity contribution in [3.05, 3.63) is 59.7 Å². The van der Waals surface area contributed by atoms with Crippen molar-refractivity contribution < 1.29 is 25.9 Å². The molecule has 3 aromatic rings. The molecule has 0 fully saturated rings. The Kier molecular flexibility index (Phi) is 17.2. The molecule has 2 N–H and O–H groups in total. The zero-order chi connectivity index (χ0) is 31.1. The summed E-state index contributed by atoms with van der Waals surface area (Å²) in [7, 11) is 0.398. The highest BCUT2D eigenvalue weighted by atomic mass is 32.2. The van der Waals surface area contributed by atoms with Crippen LogP contribution in [0.3, 0.4) is 0 Å². The molecule has 0 saturated heterocycles. The van der Waals surface area contributed by atoms with E-state index in [1.165, 1.54) is 37.1 Å². The zero-order valence-electron chi connectivity index (χ0n) is 24.2. The average Bonchev–Trinajstić information content (AvgIpc) is 3.32. The van der Waals surface area contributed by atoms with Crippen molar-refractivity contribution >= 4 is 55.1 Å². The molecule has 0 saturated carbocycles. The highest BCUT2D eigenvalue weighted by Gasteiger charge is 2.08. The van der Waals surface area contributed by atoms with Gasteiger partial charge in [-0.05, 0) is 92.2 Å². The lowest BCUT2D eigenvalue weighted by Gasteiger charge is -2.07. The number of benzene rings is 2. The molecule has 0 radical (unpaired) electrons. The van der Waals surface area contributed by atoms with Gasteiger partial charge in [0.1, 0.15) is 0 Å². The van der Waals surface area contributed by atoms with Gasteiger partial charge in [-0.15, -0.1) is 10.2 Å². The van der Waals surface area contributed by atoms with E-state index < -0.39 is 20.2 Å². The van der Waals surface area contributed by atoms with Crippen LogP contribution in [-0.4, -0.2) is 98.7 Å². The van der Waals surface area contributed by atoms with E-state index in [9.17, 15) is 16.8 Å². The van der Waals surface area contributed by atoms with Crippen LogP contribution in [0.25, 0.3) is 0 Å². The van der Waals surface area contributed by atoms with Gasteiger partial charge in [-0.25, -0.2) is 0 Å². The minimum absolute atomic E-state index is 0.0666. The van der Waals surface area contributed by atoms with Crippen LogP contribution in [0.15, 0.2) is 67.0 Å². The first-order chi connectivity index (χ1) is 19.1. The highest BCUT2D eigenvalue weighted by Crippen LogP contribution is 2.29. The fourth-order valence-corrected chi connectivity index (χ4v) is 6.78. The van der Waals surface area contributed by atoms with Crippen molar-refractivity contribution in [2.75, 3.05) is 52.8 Å². The Balaban J connectivity index is 0.000000327. The van der Waals surface area contributed by atoms with Gasteiger partial charge in [0.05, 0.1) is 9.79 Å². The van der Waals surface area contributed by atoms with Crippen LogP contribution in [0, 0.1) is 13.8 Å². The lowest BCUT2D eigenvalue weighted by Crippen LogP contribution is -2.13. The summed E-state index contributed by atoms with van der Waals surface area (Å²) in [4.78, 5) is 4.30. The molecule has 0 unspecified atom stereocenters. The Morgan fingerprint density at radius 2 is 0.976 bits per heavy atom. The Morgan fingerprint density at radius 1 is 0.659 bits per heavy atom. The third kappa shape index (κ3) is 17.9. The monoisotopic (exact) mass is 664 g/mol. The lowest BCUT2D eigenvalue weighted by atomic mass is 10.2. The molecule has 230 valence electrons. The number of thioether (sulfide) groups is 2. The third-order valence-electron chi connectivity index (χ3n) is 4.98. The molecule has 0 spiro atoms. The van der Waals surface area contributed by atoms with E-state index >= 15 is 0 Å². The Hall–Kier alpha value is -1.56. The molecular formula is C26H40N4O6S5. The first kappa shape index (κ1) is 37.5. The molecule has 3 rings (SSSR count). The maximum Gasteiger partial charge on any atom is 0.294 e. The quantitative estimate of drug-likeness (QED) is 0.151. The SMILES string of the molecule is CN(C)CCCSc1nnc(SCCCN(C)C)s1.Cc1ccc(S(=O)(=O)O)cc1.Cc1ccc(S(=O)(=O)O)cc1. The maximum atomic E-state index is 10.5. The van der Waals surface area contributed by atoms with Crippen LogP contribution in [-0.2, 0) is 20.2 Å². The fraction of sp³-hybridized carbons (Fsp3) is 0.462. The lowest BCUT2D eigenvalue weighted by molar-refractivity contribution is 0.410. The number of aryl methyl sites for hydroxylation is 2. The van der Waals surface area contributed by atoms with Crippen LogP contribution in [0.2, 0.25) is 0 Å². The maximum absolute atomic E-state index is 10.5. The Labute approximate surface area is 257 Å². The molecule has 1 heterocycles. The standard InChI is InChI=1S/C12H24N4S3.2C7H8O3S/c1-15(2)7-5-9-17-11-13-14-12(19-11)18-10-6-8-16(3)4;2*1-6-2-4-7(5-3-6)11(8,9)10/h5-10H2,1-4H3;2*2-5H,1H3,(H,8,9,10). The number of hydrogen-bond donors (Lipinski definition) is 2. The van der Waals surface area contributed by atoms with Crippen LogP contribution >= 0.6 is 34.9 Å². The predicted octanol–water partition coefficient (Wildman–Crippen LogP) is 5.11. The molecule has 0 aliphatic carbocycles. The Bertz CT molecular complexity index is 1260. The number of hydrogen-bond acceptors (Lipinski definition) is 11. The van der Waals surface area contributed by atoms with Gasteiger partial charge >= 0.3 is 0 Å². The van der Waals surface area contributed by atoms with E-state index in [2.05, 4.69) is 48.2 Å². The number of rotatable bonds is 12. The van der Waals surface area contributed by atoms with E-state index in [-0.39, 0.29) is 9.79 Å². The number of aromatic nitrogens is 2. The van der Waals surface area contributed by atoms with Crippen molar-refractivity contribution in [2.24, 2.45) is 0 Å². The normalized spacial score (nSPS) is 11.6. The fourth-order valence-electron chi connectivity index (χ4n) is 2.81. The van der Waals surface area contributed by atoms with Crippen LogP contribution in [0.1, 0.15) is 24.0 Å². The summed E-state index contributed by atoms with van der Waals surface area (Å²) in [6.07, 6.45) is 2.39. The second-order valence-electron chi connectivity index (χ2n) is 9.42. The van der Waals surface area contributed by atoms with E-state index in [1.54, 1.807) is 35.6 Å². The third-order valence-corrected chi connectivity index (χ3v) is 10.1. The average molecular weight is 665 g/mol. The van der Waals surface area contributed by atoms with Gasteiger partial charge in [-0.2, -0.15) is 16.8 Å². The molecule has 0 bridgehead atoms. The largest absolute Gasteiger partial charge is 0.309 e. The highest BCUT2D eigenvalue weighted by molar-refractivity contribution is 8.03. The molecule has 0 amide bonds. The van der Waals surface area contributed by atoms with Crippen molar-refractivity contribution in [1.82, 2.24) is 20.0 Å². The van der Waals surface area contributed by atoms with E-state index in [0.29, 0.717) is 0 Å². The van der Waals surface area contributed by atoms with E-state index in [0.717, 1.165) is 44.4 Å². The molecule has 2 aromatic carbocycles. The number of nitrogens with zero attached hydrogens (tertiary/aromatic N) is 4. The minimum atomic E-state index is -4.02. The van der Waals surface area contributed by atoms with Crippen molar-refractivity contribution in [3.8, 4) is 0 Å². The summed E-state index contributed by atoms with van der Waals surface area (Å²) >= 11 is 5.38. The molecule has 41 heavy (non-hydrogen) atoms. The van der Waals surface area contributed by atoms with Crippen LogP contribution in [0.5, 0.6) is 0 Å². The summed E-state index contributed by atoms with van der Waals surface area (Å²) in [5.41, 5.74) is 1.91. The van der Waals surface area contributed by atoms with Crippen molar-refractivity contribution in [1.29, 1.82) is 0 Å². The minimum Gasteiger partial charge on any atom is -0.309 e. The van der Waals surface area contributed by atoms with Crippen molar-refractivity contribution in [2.45, 2.75) is 45.2 Å². The zero-order valence-corrected chi connectivity index (χ0v) is 28.3. The summed E-state index contributed by atoms with van der Waals surface area (Å²) in [6.45, 7) is 5.96. The van der Waals surface area contributed by atoms with Gasteiger partial charge in [0.2, 0.25) is 0 Å². The molecule has 10 nitrogen and oxygen atoms in total.